The van der Waals surface area contributed by atoms with Gasteiger partial charge in [-0.25, -0.2) is 4.98 Å². The summed E-state index contributed by atoms with van der Waals surface area (Å²) in [5, 5.41) is 19.8. The lowest BCUT2D eigenvalue weighted by Gasteiger charge is -2.11. The Bertz CT molecular complexity index is 1100. The van der Waals surface area contributed by atoms with Gasteiger partial charge in [-0.1, -0.05) is 29.8 Å². The van der Waals surface area contributed by atoms with Crippen LogP contribution in [-0.4, -0.2) is 22.4 Å². The fourth-order valence-electron chi connectivity index (χ4n) is 2.80. The molecule has 6 nitrogen and oxygen atoms in total. The first-order chi connectivity index (χ1) is 12.6. The van der Waals surface area contributed by atoms with E-state index in [0.717, 1.165) is 38.5 Å². The molecule has 0 saturated heterocycles. The fraction of sp³-hybridized carbons (Fsp3) is 0.0556. The number of benzene rings is 1. The first-order valence-electron chi connectivity index (χ1n) is 8.14. The minimum absolute atomic E-state index is 0.489. The van der Waals surface area contributed by atoms with Gasteiger partial charge in [0.15, 0.2) is 18.0 Å². The van der Waals surface area contributed by atoms with Crippen molar-refractivity contribution in [3.8, 4) is 11.3 Å². The van der Waals surface area contributed by atoms with Crippen LogP contribution in [-0.2, 0) is 6.54 Å². The van der Waals surface area contributed by atoms with Crippen LogP contribution in [0.4, 0.5) is 5.82 Å². The second-order valence-corrected chi connectivity index (χ2v) is 6.40. The van der Waals surface area contributed by atoms with Crippen LogP contribution in [0.5, 0.6) is 0 Å². The zero-order valence-electron chi connectivity index (χ0n) is 14.1. The summed E-state index contributed by atoms with van der Waals surface area (Å²) >= 11 is 6.35. The molecule has 0 aliphatic heterocycles. The fourth-order valence-corrected chi connectivity index (χ4v) is 3.04. The SMILES string of the molecule is Bc1cnn2c(NCc3ccc[n+]([O-])c3)cc(-c3ccccc3Cl)nc12. The molecule has 0 aliphatic rings. The molecule has 0 fully saturated rings. The third-order valence-corrected chi connectivity index (χ3v) is 4.44. The number of fused-ring (bicyclic) bond motifs is 1. The number of nitrogens with one attached hydrogen (secondary N) is 1. The molecule has 4 rings (SSSR count). The molecule has 1 N–H and O–H groups in total. The summed E-state index contributed by atoms with van der Waals surface area (Å²) in [7, 11) is 1.97. The maximum Gasteiger partial charge on any atom is 0.185 e. The molecule has 0 bridgehead atoms. The second-order valence-electron chi connectivity index (χ2n) is 6.00. The lowest BCUT2D eigenvalue weighted by molar-refractivity contribution is -0.605. The van der Waals surface area contributed by atoms with Gasteiger partial charge in [0, 0.05) is 41.0 Å². The van der Waals surface area contributed by atoms with Crippen LogP contribution in [0, 0.1) is 5.21 Å². The Hall–Kier alpha value is -3.06. The second kappa shape index (κ2) is 6.69. The van der Waals surface area contributed by atoms with E-state index in [4.69, 9.17) is 16.6 Å². The van der Waals surface area contributed by atoms with Crippen molar-refractivity contribution in [3.63, 3.8) is 0 Å². The number of aromatic nitrogens is 4. The normalized spacial score (nSPS) is 11.0. The molecule has 26 heavy (non-hydrogen) atoms. The average molecular weight is 364 g/mol. The van der Waals surface area contributed by atoms with E-state index in [-0.39, 0.29) is 0 Å². The third kappa shape index (κ3) is 3.09. The molecule has 0 saturated carbocycles. The highest BCUT2D eigenvalue weighted by molar-refractivity contribution is 6.36. The molecular formula is C18H15BClN5O. The molecule has 3 aromatic heterocycles. The lowest BCUT2D eigenvalue weighted by atomic mass is 10.0. The highest BCUT2D eigenvalue weighted by Crippen LogP contribution is 2.28. The van der Waals surface area contributed by atoms with Gasteiger partial charge in [-0.05, 0) is 17.6 Å². The number of rotatable bonds is 4. The number of nitrogens with zero attached hydrogens (tertiary/aromatic N) is 4. The Kier molecular flexibility index (Phi) is 4.22. The molecule has 8 heteroatoms. The Morgan fingerprint density at radius 2 is 2.08 bits per heavy atom. The van der Waals surface area contributed by atoms with Gasteiger partial charge in [-0.3, -0.25) is 0 Å². The van der Waals surface area contributed by atoms with Gasteiger partial charge in [0.25, 0.3) is 0 Å². The summed E-state index contributed by atoms with van der Waals surface area (Å²) in [5.74, 6) is 0.777. The highest BCUT2D eigenvalue weighted by atomic mass is 35.5. The van der Waals surface area contributed by atoms with E-state index >= 15 is 0 Å². The summed E-state index contributed by atoms with van der Waals surface area (Å²) in [4.78, 5) is 4.72. The van der Waals surface area contributed by atoms with Gasteiger partial charge in [0.05, 0.1) is 5.69 Å². The van der Waals surface area contributed by atoms with Crippen molar-refractivity contribution in [2.24, 2.45) is 0 Å². The van der Waals surface area contributed by atoms with Gasteiger partial charge >= 0.3 is 0 Å². The van der Waals surface area contributed by atoms with Crippen LogP contribution in [0.2, 0.25) is 5.02 Å². The van der Waals surface area contributed by atoms with E-state index in [1.54, 1.807) is 16.8 Å². The van der Waals surface area contributed by atoms with Gasteiger partial charge < -0.3 is 10.5 Å². The summed E-state index contributed by atoms with van der Waals surface area (Å²) < 4.78 is 2.54. The van der Waals surface area contributed by atoms with Crippen molar-refractivity contribution in [3.05, 3.63) is 76.8 Å². The zero-order chi connectivity index (χ0) is 18.1. The van der Waals surface area contributed by atoms with Crippen molar-refractivity contribution in [1.29, 1.82) is 0 Å². The van der Waals surface area contributed by atoms with Crippen LogP contribution in [0.1, 0.15) is 5.56 Å². The first kappa shape index (κ1) is 16.4. The van der Waals surface area contributed by atoms with E-state index in [1.807, 2.05) is 44.2 Å². The Balaban J connectivity index is 1.77. The molecule has 0 spiro atoms. The van der Waals surface area contributed by atoms with Crippen molar-refractivity contribution in [2.45, 2.75) is 6.54 Å². The Morgan fingerprint density at radius 1 is 1.23 bits per heavy atom. The molecule has 0 amide bonds. The molecule has 0 radical (unpaired) electrons. The summed E-state index contributed by atoms with van der Waals surface area (Å²) in [6.07, 6.45) is 4.77. The molecule has 3 heterocycles. The van der Waals surface area contributed by atoms with Crippen molar-refractivity contribution in [1.82, 2.24) is 14.6 Å². The minimum Gasteiger partial charge on any atom is -0.619 e. The number of anilines is 1. The minimum atomic E-state index is 0.489. The molecule has 1 aromatic carbocycles. The molecule has 128 valence electrons. The number of hydrogen-bond donors (Lipinski definition) is 1. The van der Waals surface area contributed by atoms with E-state index in [1.165, 1.54) is 12.4 Å². The molecule has 0 atom stereocenters. The maximum atomic E-state index is 11.4. The quantitative estimate of drug-likeness (QED) is 0.339. The van der Waals surface area contributed by atoms with Crippen molar-refractivity contribution >= 4 is 36.4 Å². The highest BCUT2D eigenvalue weighted by Gasteiger charge is 2.12. The molecular weight excluding hydrogens is 348 g/mol. The summed E-state index contributed by atoms with van der Waals surface area (Å²) in [6, 6.07) is 13.1. The van der Waals surface area contributed by atoms with Crippen LogP contribution < -0.4 is 15.5 Å². The monoisotopic (exact) mass is 363 g/mol. The lowest BCUT2D eigenvalue weighted by Crippen LogP contribution is -2.25. The average Bonchev–Trinajstić information content (AvgIpc) is 3.01. The Morgan fingerprint density at radius 3 is 2.88 bits per heavy atom. The first-order valence-corrected chi connectivity index (χ1v) is 8.51. The van der Waals surface area contributed by atoms with E-state index in [9.17, 15) is 5.21 Å². The van der Waals surface area contributed by atoms with E-state index in [0.29, 0.717) is 11.6 Å². The summed E-state index contributed by atoms with van der Waals surface area (Å²) in [5.41, 5.74) is 4.23. The third-order valence-electron chi connectivity index (χ3n) is 4.11. The smallest absolute Gasteiger partial charge is 0.185 e. The van der Waals surface area contributed by atoms with E-state index < -0.39 is 0 Å². The van der Waals surface area contributed by atoms with Crippen LogP contribution in [0.25, 0.3) is 16.9 Å². The summed E-state index contributed by atoms with van der Waals surface area (Å²) in [6.45, 7) is 0.489. The van der Waals surface area contributed by atoms with Gasteiger partial charge in [-0.15, -0.1) is 0 Å². The van der Waals surface area contributed by atoms with Crippen LogP contribution in [0.3, 0.4) is 0 Å². The topological polar surface area (TPSA) is 69.2 Å². The Labute approximate surface area is 156 Å². The molecule has 0 unspecified atom stereocenters. The van der Waals surface area contributed by atoms with Crippen molar-refractivity contribution < 1.29 is 4.73 Å². The molecule has 4 aromatic rings. The standard InChI is InChI=1S/C18H15BClN5O/c19-14-10-22-25-17(21-9-12-4-3-7-24(26)11-12)8-16(23-18(14)25)13-5-1-2-6-15(13)20/h1-8,10-11,21H,9,19H2. The van der Waals surface area contributed by atoms with Crippen LogP contribution in [0.15, 0.2) is 61.1 Å². The maximum absolute atomic E-state index is 11.4. The number of halogens is 1. The van der Waals surface area contributed by atoms with Gasteiger partial charge in [-0.2, -0.15) is 14.3 Å². The van der Waals surface area contributed by atoms with Gasteiger partial charge in [0.1, 0.15) is 13.7 Å². The van der Waals surface area contributed by atoms with Gasteiger partial charge in [0.2, 0.25) is 0 Å². The van der Waals surface area contributed by atoms with Crippen LogP contribution >= 0.6 is 11.6 Å². The molecule has 0 aliphatic carbocycles. The number of hydrogen-bond acceptors (Lipinski definition) is 4. The largest absolute Gasteiger partial charge is 0.619 e. The zero-order valence-corrected chi connectivity index (χ0v) is 14.8. The number of pyridine rings is 1. The predicted octanol–water partition coefficient (Wildman–Crippen LogP) is 1.55. The van der Waals surface area contributed by atoms with E-state index in [2.05, 4.69) is 10.4 Å². The predicted molar refractivity (Wildman–Crippen MR) is 104 cm³/mol. The van der Waals surface area contributed by atoms with Crippen molar-refractivity contribution in [2.75, 3.05) is 5.32 Å².